The van der Waals surface area contributed by atoms with Crippen molar-refractivity contribution < 1.29 is 8.78 Å². The van der Waals surface area contributed by atoms with E-state index in [9.17, 15) is 18.4 Å². The molecule has 0 atom stereocenters. The molecule has 6 rings (SSSR count). The molecule has 222 valence electrons. The molecular weight excluding hydrogens is 645 g/mol. The van der Waals surface area contributed by atoms with E-state index in [4.69, 9.17) is 33.2 Å². The first-order valence-electron chi connectivity index (χ1n) is 13.4. The summed E-state index contributed by atoms with van der Waals surface area (Å²) in [4.78, 5) is 37.0. The molecule has 0 saturated heterocycles. The van der Waals surface area contributed by atoms with Gasteiger partial charge in [0, 0.05) is 34.6 Å². The maximum absolute atomic E-state index is 13.7. The van der Waals surface area contributed by atoms with Crippen molar-refractivity contribution in [1.29, 1.82) is 0 Å². The van der Waals surface area contributed by atoms with E-state index in [-0.39, 0.29) is 34.3 Å². The molecule has 0 unspecified atom stereocenters. The van der Waals surface area contributed by atoms with Crippen LogP contribution in [0.1, 0.15) is 11.1 Å². The van der Waals surface area contributed by atoms with Gasteiger partial charge in [0.1, 0.15) is 11.6 Å². The topological polar surface area (TPSA) is 69.8 Å². The fraction of sp³-hybridized carbons (Fsp3) is 0.125. The Morgan fingerprint density at radius 2 is 1.02 bits per heavy atom. The average Bonchev–Trinajstić information content (AvgIpc) is 3.01. The van der Waals surface area contributed by atoms with Crippen molar-refractivity contribution in [3.05, 3.63) is 138 Å². The van der Waals surface area contributed by atoms with Gasteiger partial charge in [-0.3, -0.25) is 18.7 Å². The lowest BCUT2D eigenvalue weighted by molar-refractivity contribution is 0.486. The molecule has 0 aliphatic carbocycles. The molecule has 44 heavy (non-hydrogen) atoms. The molecule has 0 aliphatic rings. The Balaban J connectivity index is 1.37. The van der Waals surface area contributed by atoms with Crippen LogP contribution in [0.15, 0.2) is 105 Å². The number of nitrogens with zero attached hydrogens (tertiary/aromatic N) is 4. The Kier molecular flexibility index (Phi) is 9.04. The van der Waals surface area contributed by atoms with Gasteiger partial charge >= 0.3 is 0 Å². The van der Waals surface area contributed by atoms with Gasteiger partial charge in [-0.1, -0.05) is 83.1 Å². The summed E-state index contributed by atoms with van der Waals surface area (Å²) in [5.41, 5.74) is 1.96. The summed E-state index contributed by atoms with van der Waals surface area (Å²) < 4.78 is 30.3. The molecule has 0 bridgehead atoms. The highest BCUT2D eigenvalue weighted by molar-refractivity contribution is 7.98. The van der Waals surface area contributed by atoms with Crippen molar-refractivity contribution in [1.82, 2.24) is 19.1 Å². The lowest BCUT2D eigenvalue weighted by atomic mass is 10.2. The smallest absolute Gasteiger partial charge is 0.262 e. The van der Waals surface area contributed by atoms with Gasteiger partial charge in [-0.2, -0.15) is 0 Å². The number of aromatic nitrogens is 4. The number of thioether (sulfide) groups is 2. The maximum Gasteiger partial charge on any atom is 0.262 e. The lowest BCUT2D eigenvalue weighted by Gasteiger charge is -2.17. The summed E-state index contributed by atoms with van der Waals surface area (Å²) in [7, 11) is 0. The third-order valence-corrected chi connectivity index (χ3v) is 9.70. The molecule has 2 aromatic heterocycles. The average molecular weight is 668 g/mol. The van der Waals surface area contributed by atoms with Gasteiger partial charge < -0.3 is 0 Å². The minimum atomic E-state index is -0.436. The lowest BCUT2D eigenvalue weighted by Crippen LogP contribution is -2.30. The zero-order chi connectivity index (χ0) is 30.8. The van der Waals surface area contributed by atoms with Crippen molar-refractivity contribution >= 4 is 68.5 Å². The number of para-hydroxylation sites is 2. The summed E-state index contributed by atoms with van der Waals surface area (Å²) in [6, 6.07) is 22.5. The van der Waals surface area contributed by atoms with Gasteiger partial charge in [0.15, 0.2) is 10.3 Å². The Morgan fingerprint density at radius 1 is 0.614 bits per heavy atom. The third kappa shape index (κ3) is 6.39. The van der Waals surface area contributed by atoms with Crippen molar-refractivity contribution in [2.45, 2.75) is 34.9 Å². The van der Waals surface area contributed by atoms with Crippen LogP contribution in [0.4, 0.5) is 8.78 Å². The van der Waals surface area contributed by atoms with Crippen molar-refractivity contribution in [3.63, 3.8) is 0 Å². The van der Waals surface area contributed by atoms with Gasteiger partial charge in [-0.05, 0) is 59.7 Å². The molecule has 0 spiro atoms. The van der Waals surface area contributed by atoms with Crippen LogP contribution in [0.2, 0.25) is 10.0 Å². The number of rotatable bonds is 9. The van der Waals surface area contributed by atoms with Gasteiger partial charge in [-0.25, -0.2) is 18.7 Å². The predicted molar refractivity (Wildman–Crippen MR) is 174 cm³/mol. The fourth-order valence-electron chi connectivity index (χ4n) is 4.67. The van der Waals surface area contributed by atoms with Crippen LogP contribution in [0.3, 0.4) is 0 Å². The van der Waals surface area contributed by atoms with E-state index in [2.05, 4.69) is 0 Å². The van der Waals surface area contributed by atoms with E-state index >= 15 is 0 Å². The Hall–Kier alpha value is -3.70. The van der Waals surface area contributed by atoms with E-state index in [1.54, 1.807) is 48.5 Å². The minimum absolute atomic E-state index is 0.126. The monoisotopic (exact) mass is 666 g/mol. The summed E-state index contributed by atoms with van der Waals surface area (Å²) >= 11 is 15.1. The minimum Gasteiger partial charge on any atom is -0.285 e. The quantitative estimate of drug-likeness (QED) is 0.115. The highest BCUT2D eigenvalue weighted by Gasteiger charge is 2.17. The standard InChI is InChI=1S/C32H22Cl2F2N4O2S2/c33-25-15-21(35)11-9-19(25)17-43-31-37-27-7-3-1-5-23(27)29(41)39(31)13-14-40-30(42)24-6-2-4-8-28(24)38-32(40)44-18-20-10-12-22(36)16-26(20)34/h1-12,15-16H,13-14,17-18H2. The van der Waals surface area contributed by atoms with Crippen LogP contribution in [0.5, 0.6) is 0 Å². The van der Waals surface area contributed by atoms with E-state index in [1.165, 1.54) is 56.9 Å². The second-order valence-corrected chi connectivity index (χ2v) is 12.5. The van der Waals surface area contributed by atoms with Crippen LogP contribution in [0.25, 0.3) is 21.8 Å². The molecule has 0 amide bonds. The second-order valence-electron chi connectivity index (χ2n) is 9.79. The first-order chi connectivity index (χ1) is 21.3. The predicted octanol–water partition coefficient (Wildman–Crippen LogP) is 7.98. The van der Waals surface area contributed by atoms with E-state index in [0.717, 1.165) is 0 Å². The zero-order valence-corrected chi connectivity index (χ0v) is 26.0. The Bertz CT molecular complexity index is 2000. The Morgan fingerprint density at radius 3 is 1.43 bits per heavy atom. The first kappa shape index (κ1) is 30.3. The molecule has 2 heterocycles. The third-order valence-electron chi connectivity index (χ3n) is 6.94. The first-order valence-corrected chi connectivity index (χ1v) is 16.1. The largest absolute Gasteiger partial charge is 0.285 e. The van der Waals surface area contributed by atoms with Crippen LogP contribution in [-0.2, 0) is 24.6 Å². The van der Waals surface area contributed by atoms with Gasteiger partial charge in [-0.15, -0.1) is 0 Å². The van der Waals surface area contributed by atoms with Gasteiger partial charge in [0.2, 0.25) is 0 Å². The van der Waals surface area contributed by atoms with Gasteiger partial charge in [0.25, 0.3) is 11.1 Å². The maximum atomic E-state index is 13.7. The fourth-order valence-corrected chi connectivity index (χ4v) is 7.36. The normalized spacial score (nSPS) is 11.5. The summed E-state index contributed by atoms with van der Waals surface area (Å²) in [6.45, 7) is 0.252. The number of benzene rings is 4. The van der Waals surface area contributed by atoms with Crippen LogP contribution < -0.4 is 11.1 Å². The highest BCUT2D eigenvalue weighted by atomic mass is 35.5. The molecule has 0 N–H and O–H groups in total. The summed E-state index contributed by atoms with van der Waals surface area (Å²) in [5, 5.41) is 2.32. The zero-order valence-electron chi connectivity index (χ0n) is 22.8. The van der Waals surface area contributed by atoms with E-state index in [0.29, 0.717) is 54.8 Å². The number of halogens is 4. The molecule has 6 nitrogen and oxygen atoms in total. The SMILES string of the molecule is O=c1c2ccccc2nc(SCc2ccc(F)cc2Cl)n1CCn1c(SCc2ccc(F)cc2Cl)nc2ccccc2c1=O. The van der Waals surface area contributed by atoms with Crippen molar-refractivity contribution in [2.24, 2.45) is 0 Å². The number of hydrogen-bond donors (Lipinski definition) is 0. The van der Waals surface area contributed by atoms with Crippen molar-refractivity contribution in [2.75, 3.05) is 0 Å². The molecule has 0 saturated carbocycles. The molecule has 0 aliphatic heterocycles. The molecular formula is C32H22Cl2F2N4O2S2. The van der Waals surface area contributed by atoms with Crippen molar-refractivity contribution in [3.8, 4) is 0 Å². The van der Waals surface area contributed by atoms with Crippen LogP contribution in [0, 0.1) is 11.6 Å². The molecule has 0 fully saturated rings. The second kappa shape index (κ2) is 13.1. The summed E-state index contributed by atoms with van der Waals surface area (Å²) in [6.07, 6.45) is 0. The summed E-state index contributed by atoms with van der Waals surface area (Å²) in [5.74, 6) is -0.175. The highest BCUT2D eigenvalue weighted by Crippen LogP contribution is 2.29. The van der Waals surface area contributed by atoms with Crippen LogP contribution in [-0.4, -0.2) is 19.1 Å². The molecule has 0 radical (unpaired) electrons. The van der Waals surface area contributed by atoms with E-state index in [1.807, 2.05) is 12.1 Å². The molecule has 4 aromatic carbocycles. The number of hydrogen-bond acceptors (Lipinski definition) is 6. The van der Waals surface area contributed by atoms with Crippen LogP contribution >= 0.6 is 46.7 Å². The van der Waals surface area contributed by atoms with Gasteiger partial charge in [0.05, 0.1) is 21.8 Å². The Labute approximate surface area is 268 Å². The molecule has 6 aromatic rings. The number of fused-ring (bicyclic) bond motifs is 2. The van der Waals surface area contributed by atoms with E-state index < -0.39 is 11.6 Å². The molecule has 12 heteroatoms.